The van der Waals surface area contributed by atoms with E-state index in [-0.39, 0.29) is 18.5 Å². The molecule has 1 heterocycles. The minimum atomic E-state index is 0. The van der Waals surface area contributed by atoms with E-state index in [1.54, 1.807) is 0 Å². The summed E-state index contributed by atoms with van der Waals surface area (Å²) in [6, 6.07) is 24.0. The van der Waals surface area contributed by atoms with Gasteiger partial charge in [-0.1, -0.05) is 48.5 Å². The van der Waals surface area contributed by atoms with Gasteiger partial charge >= 0.3 is 0 Å². The molecule has 0 bridgehead atoms. The van der Waals surface area contributed by atoms with Crippen molar-refractivity contribution < 1.29 is 4.74 Å². The lowest BCUT2D eigenvalue weighted by molar-refractivity contribution is 0.0107. The van der Waals surface area contributed by atoms with Crippen molar-refractivity contribution in [1.82, 2.24) is 5.32 Å². The minimum absolute atomic E-state index is 0. The zero-order valence-electron chi connectivity index (χ0n) is 16.6. The van der Waals surface area contributed by atoms with Crippen LogP contribution in [0.2, 0.25) is 0 Å². The Morgan fingerprint density at radius 3 is 2.61 bits per heavy atom. The van der Waals surface area contributed by atoms with Crippen LogP contribution >= 0.6 is 12.4 Å². The molecule has 28 heavy (non-hydrogen) atoms. The van der Waals surface area contributed by atoms with Crippen molar-refractivity contribution in [3.8, 4) is 0 Å². The molecular weight excluding hydrogens is 368 g/mol. The molecule has 0 aromatic heterocycles. The Morgan fingerprint density at radius 1 is 0.964 bits per heavy atom. The molecule has 0 saturated carbocycles. The number of benzene rings is 3. The second-order valence-electron chi connectivity index (χ2n) is 7.62. The van der Waals surface area contributed by atoms with Crippen molar-refractivity contribution >= 4 is 28.9 Å². The summed E-state index contributed by atoms with van der Waals surface area (Å²) < 4.78 is 6.41. The normalized spacial score (nSPS) is 19.2. The summed E-state index contributed by atoms with van der Waals surface area (Å²) in [5.74, 6) is 0.437. The van der Waals surface area contributed by atoms with Crippen LogP contribution in [0.25, 0.3) is 10.8 Å². The largest absolute Gasteiger partial charge is 0.378 e. The topological polar surface area (TPSA) is 24.5 Å². The van der Waals surface area contributed by atoms with Crippen LogP contribution in [0.3, 0.4) is 0 Å². The predicted octanol–water partition coefficient (Wildman–Crippen LogP) is 4.99. The van der Waals surface area contributed by atoms with Crippen LogP contribution in [0, 0.1) is 0 Å². The van der Waals surface area contributed by atoms with E-state index in [2.05, 4.69) is 91.0 Å². The van der Waals surface area contributed by atoms with Gasteiger partial charge in [-0.05, 0) is 53.1 Å². The molecule has 1 saturated heterocycles. The average molecular weight is 397 g/mol. The molecule has 148 valence electrons. The predicted molar refractivity (Wildman–Crippen MR) is 121 cm³/mol. The fraction of sp³-hybridized carbons (Fsp3) is 0.333. The summed E-state index contributed by atoms with van der Waals surface area (Å²) in [5, 5.41) is 6.05. The first-order chi connectivity index (χ1) is 13.2. The zero-order chi connectivity index (χ0) is 18.6. The van der Waals surface area contributed by atoms with E-state index < -0.39 is 0 Å². The van der Waals surface area contributed by atoms with Gasteiger partial charge in [-0.2, -0.15) is 0 Å². The third-order valence-electron chi connectivity index (χ3n) is 5.52. The van der Waals surface area contributed by atoms with Crippen LogP contribution in [0.15, 0.2) is 66.7 Å². The van der Waals surface area contributed by atoms with Crippen LogP contribution in [-0.4, -0.2) is 33.3 Å². The molecule has 0 aliphatic carbocycles. The summed E-state index contributed by atoms with van der Waals surface area (Å²) in [6.45, 7) is 2.61. The lowest BCUT2D eigenvalue weighted by atomic mass is 9.87. The standard InChI is InChI=1S/C24H28N2O.ClH/c1-26(2)22-9-5-8-21(15-22)23-12-13-25-16-24(23)27-17-18-10-11-19-6-3-4-7-20(19)14-18;/h3-11,14-15,23-25H,12-13,16-17H2,1-2H3;1H/t23-,24+;/m1./s1. The SMILES string of the molecule is CN(C)c1cccc([C@H]2CCNC[C@@H]2OCc2ccc3ccccc3c2)c1.Cl. The van der Waals surface area contributed by atoms with Gasteiger partial charge in [0.1, 0.15) is 0 Å². The van der Waals surface area contributed by atoms with Crippen molar-refractivity contribution in [2.24, 2.45) is 0 Å². The monoisotopic (exact) mass is 396 g/mol. The van der Waals surface area contributed by atoms with Crippen LogP contribution in [0.1, 0.15) is 23.5 Å². The van der Waals surface area contributed by atoms with E-state index in [1.807, 2.05) is 0 Å². The van der Waals surface area contributed by atoms with Crippen molar-refractivity contribution in [2.45, 2.75) is 25.0 Å². The first kappa shape index (κ1) is 20.7. The smallest absolute Gasteiger partial charge is 0.0772 e. The summed E-state index contributed by atoms with van der Waals surface area (Å²) >= 11 is 0. The van der Waals surface area contributed by atoms with Crippen molar-refractivity contribution in [1.29, 1.82) is 0 Å². The van der Waals surface area contributed by atoms with Crippen molar-refractivity contribution in [2.75, 3.05) is 32.1 Å². The number of rotatable bonds is 5. The van der Waals surface area contributed by atoms with Crippen LogP contribution in [-0.2, 0) is 11.3 Å². The van der Waals surface area contributed by atoms with Gasteiger partial charge in [0.15, 0.2) is 0 Å². The summed E-state index contributed by atoms with van der Waals surface area (Å²) in [5.41, 5.74) is 3.87. The van der Waals surface area contributed by atoms with E-state index in [0.717, 1.165) is 19.5 Å². The molecule has 0 amide bonds. The minimum Gasteiger partial charge on any atom is -0.378 e. The Balaban J connectivity index is 0.00000225. The third-order valence-corrected chi connectivity index (χ3v) is 5.52. The first-order valence-electron chi connectivity index (χ1n) is 9.78. The van der Waals surface area contributed by atoms with Gasteiger partial charge in [0.2, 0.25) is 0 Å². The number of anilines is 1. The van der Waals surface area contributed by atoms with E-state index in [9.17, 15) is 0 Å². The number of ether oxygens (including phenoxy) is 1. The summed E-state index contributed by atoms with van der Waals surface area (Å²) in [7, 11) is 4.19. The molecule has 2 atom stereocenters. The highest BCUT2D eigenvalue weighted by molar-refractivity contribution is 5.85. The van der Waals surface area contributed by atoms with Gasteiger partial charge in [-0.3, -0.25) is 0 Å². The Labute approximate surface area is 174 Å². The molecular formula is C24H29ClN2O. The van der Waals surface area contributed by atoms with Gasteiger partial charge in [0.05, 0.1) is 12.7 Å². The molecule has 1 aliphatic rings. The third kappa shape index (κ3) is 4.67. The number of halogens is 1. The molecule has 1 aliphatic heterocycles. The Hall–Kier alpha value is -2.07. The van der Waals surface area contributed by atoms with Crippen molar-refractivity contribution in [3.63, 3.8) is 0 Å². The molecule has 4 rings (SSSR count). The Morgan fingerprint density at radius 2 is 1.79 bits per heavy atom. The number of hydrogen-bond acceptors (Lipinski definition) is 3. The lowest BCUT2D eigenvalue weighted by Crippen LogP contribution is -2.41. The number of fused-ring (bicyclic) bond motifs is 1. The zero-order valence-corrected chi connectivity index (χ0v) is 17.4. The molecule has 0 unspecified atom stereocenters. The first-order valence-corrected chi connectivity index (χ1v) is 9.78. The second kappa shape index (κ2) is 9.42. The second-order valence-corrected chi connectivity index (χ2v) is 7.62. The van der Waals surface area contributed by atoms with Gasteiger partial charge in [-0.25, -0.2) is 0 Å². The number of piperidine rings is 1. The highest BCUT2D eigenvalue weighted by atomic mass is 35.5. The van der Waals surface area contributed by atoms with Crippen LogP contribution in [0.5, 0.6) is 0 Å². The summed E-state index contributed by atoms with van der Waals surface area (Å²) in [4.78, 5) is 2.16. The van der Waals surface area contributed by atoms with Gasteiger partial charge in [0.25, 0.3) is 0 Å². The van der Waals surface area contributed by atoms with Gasteiger partial charge in [-0.15, -0.1) is 12.4 Å². The van der Waals surface area contributed by atoms with Gasteiger partial charge < -0.3 is 15.0 Å². The maximum Gasteiger partial charge on any atom is 0.0772 e. The van der Waals surface area contributed by atoms with E-state index in [0.29, 0.717) is 12.5 Å². The number of hydrogen-bond donors (Lipinski definition) is 1. The highest BCUT2D eigenvalue weighted by Crippen LogP contribution is 2.30. The molecule has 1 N–H and O–H groups in total. The van der Waals surface area contributed by atoms with E-state index in [1.165, 1.54) is 27.6 Å². The van der Waals surface area contributed by atoms with E-state index >= 15 is 0 Å². The average Bonchev–Trinajstić information content (AvgIpc) is 2.72. The fourth-order valence-electron chi connectivity index (χ4n) is 3.95. The van der Waals surface area contributed by atoms with Crippen LogP contribution in [0.4, 0.5) is 5.69 Å². The number of nitrogens with zero attached hydrogens (tertiary/aromatic N) is 1. The molecule has 3 aromatic carbocycles. The maximum atomic E-state index is 6.41. The molecule has 1 fully saturated rings. The lowest BCUT2D eigenvalue weighted by Gasteiger charge is -2.33. The highest BCUT2D eigenvalue weighted by Gasteiger charge is 2.27. The summed E-state index contributed by atoms with van der Waals surface area (Å²) in [6.07, 6.45) is 1.31. The van der Waals surface area contributed by atoms with Crippen LogP contribution < -0.4 is 10.2 Å². The van der Waals surface area contributed by atoms with Crippen molar-refractivity contribution in [3.05, 3.63) is 77.9 Å². The maximum absolute atomic E-state index is 6.41. The fourth-order valence-corrected chi connectivity index (χ4v) is 3.95. The molecule has 0 spiro atoms. The molecule has 4 heteroatoms. The Bertz CT molecular complexity index is 912. The number of nitrogens with one attached hydrogen (secondary N) is 1. The molecule has 0 radical (unpaired) electrons. The Kier molecular flexibility index (Phi) is 6.95. The van der Waals surface area contributed by atoms with E-state index in [4.69, 9.17) is 4.74 Å². The molecule has 3 nitrogen and oxygen atoms in total. The molecule has 3 aromatic rings. The quantitative estimate of drug-likeness (QED) is 0.657. The van der Waals surface area contributed by atoms with Gasteiger partial charge in [0, 0.05) is 32.2 Å².